The van der Waals surface area contributed by atoms with Crippen molar-refractivity contribution in [2.75, 3.05) is 5.88 Å². The van der Waals surface area contributed by atoms with E-state index in [2.05, 4.69) is 17.1 Å². The molecule has 0 atom stereocenters. The highest BCUT2D eigenvalue weighted by atomic mass is 35.5. The van der Waals surface area contributed by atoms with Crippen molar-refractivity contribution in [2.24, 2.45) is 5.73 Å². The van der Waals surface area contributed by atoms with Gasteiger partial charge in [-0.15, -0.1) is 11.6 Å². The number of nitrogens with two attached hydrogens (primary N) is 1. The van der Waals surface area contributed by atoms with Crippen LogP contribution >= 0.6 is 11.6 Å². The topological polar surface area (TPSA) is 58.9 Å². The molecule has 4 heteroatoms. The molecule has 0 saturated carbocycles. The standard InChI is InChI=1S/C15H21ClN2O/c16-9-5-4-8-13-11-6-2-1-3-7-12(11)14(18-13)10-15(17)19/h4,8,18H,1-3,5-7,9-10H2,(H2,17,19)/b8-4-. The van der Waals surface area contributed by atoms with Crippen molar-refractivity contribution < 1.29 is 4.79 Å². The molecule has 1 amide bonds. The number of primary amides is 1. The fourth-order valence-corrected chi connectivity index (χ4v) is 2.88. The normalized spacial score (nSPS) is 15.4. The molecule has 0 unspecified atom stereocenters. The highest BCUT2D eigenvalue weighted by Gasteiger charge is 2.18. The van der Waals surface area contributed by atoms with E-state index in [9.17, 15) is 4.79 Å². The Bertz CT molecular complexity index is 477. The first kappa shape index (κ1) is 14.2. The Morgan fingerprint density at radius 2 is 2.00 bits per heavy atom. The predicted octanol–water partition coefficient (Wildman–Crippen LogP) is 2.95. The summed E-state index contributed by atoms with van der Waals surface area (Å²) in [4.78, 5) is 14.6. The van der Waals surface area contributed by atoms with E-state index < -0.39 is 0 Å². The molecule has 3 nitrogen and oxygen atoms in total. The molecule has 2 rings (SSSR count). The fourth-order valence-electron chi connectivity index (χ4n) is 2.76. The summed E-state index contributed by atoms with van der Waals surface area (Å²) < 4.78 is 0. The van der Waals surface area contributed by atoms with Crippen molar-refractivity contribution in [3.05, 3.63) is 28.6 Å². The molecule has 1 heterocycles. The van der Waals surface area contributed by atoms with Crippen molar-refractivity contribution >= 4 is 23.6 Å². The second-order valence-electron chi connectivity index (χ2n) is 5.06. The van der Waals surface area contributed by atoms with E-state index in [1.54, 1.807) is 0 Å². The molecule has 0 radical (unpaired) electrons. The Hall–Kier alpha value is -1.22. The lowest BCUT2D eigenvalue weighted by molar-refractivity contribution is -0.117. The van der Waals surface area contributed by atoms with Gasteiger partial charge in [-0.2, -0.15) is 0 Å². The average Bonchev–Trinajstić information content (AvgIpc) is 2.56. The molecule has 1 aromatic heterocycles. The SMILES string of the molecule is NC(=O)Cc1[nH]c(/C=C\CCCl)c2c1CCCCC2. The first-order chi connectivity index (χ1) is 9.22. The van der Waals surface area contributed by atoms with Crippen molar-refractivity contribution in [2.45, 2.75) is 44.9 Å². The summed E-state index contributed by atoms with van der Waals surface area (Å²) in [6, 6.07) is 0. The Morgan fingerprint density at radius 1 is 1.26 bits per heavy atom. The number of fused-ring (bicyclic) bond motifs is 1. The van der Waals surface area contributed by atoms with Crippen LogP contribution in [0, 0.1) is 0 Å². The number of aromatic nitrogens is 1. The molecule has 1 aliphatic carbocycles. The molecule has 0 fully saturated rings. The zero-order valence-corrected chi connectivity index (χ0v) is 11.9. The first-order valence-electron chi connectivity index (χ1n) is 6.95. The average molecular weight is 281 g/mol. The molecule has 1 aliphatic rings. The lowest BCUT2D eigenvalue weighted by Gasteiger charge is -2.01. The summed E-state index contributed by atoms with van der Waals surface area (Å²) in [6.07, 6.45) is 11.2. The van der Waals surface area contributed by atoms with E-state index in [4.69, 9.17) is 17.3 Å². The van der Waals surface area contributed by atoms with Gasteiger partial charge >= 0.3 is 0 Å². The number of aromatic amines is 1. The van der Waals surface area contributed by atoms with Gasteiger partial charge in [0.1, 0.15) is 0 Å². The smallest absolute Gasteiger partial charge is 0.223 e. The Balaban J connectivity index is 2.31. The van der Waals surface area contributed by atoms with Gasteiger partial charge in [0, 0.05) is 17.3 Å². The molecule has 1 aromatic rings. The highest BCUT2D eigenvalue weighted by Crippen LogP contribution is 2.28. The molecule has 0 spiro atoms. The van der Waals surface area contributed by atoms with Crippen LogP contribution in [0.15, 0.2) is 6.08 Å². The van der Waals surface area contributed by atoms with Gasteiger partial charge < -0.3 is 10.7 Å². The molecule has 0 aromatic carbocycles. The third-order valence-electron chi connectivity index (χ3n) is 3.60. The van der Waals surface area contributed by atoms with Gasteiger partial charge in [0.2, 0.25) is 5.91 Å². The Labute approximate surface area is 119 Å². The van der Waals surface area contributed by atoms with Gasteiger partial charge in [-0.3, -0.25) is 4.79 Å². The number of hydrogen-bond donors (Lipinski definition) is 2. The number of alkyl halides is 1. The van der Waals surface area contributed by atoms with Gasteiger partial charge in [0.25, 0.3) is 0 Å². The zero-order valence-electron chi connectivity index (χ0n) is 11.2. The summed E-state index contributed by atoms with van der Waals surface area (Å²) in [5, 5.41) is 0. The van der Waals surface area contributed by atoms with Crippen molar-refractivity contribution in [1.82, 2.24) is 4.98 Å². The highest BCUT2D eigenvalue weighted by molar-refractivity contribution is 6.17. The second-order valence-corrected chi connectivity index (χ2v) is 5.44. The monoisotopic (exact) mass is 280 g/mol. The van der Waals surface area contributed by atoms with E-state index in [-0.39, 0.29) is 5.91 Å². The number of hydrogen-bond acceptors (Lipinski definition) is 1. The molecule has 0 saturated heterocycles. The molecular weight excluding hydrogens is 260 g/mol. The number of H-pyrrole nitrogens is 1. The summed E-state index contributed by atoms with van der Waals surface area (Å²) in [6.45, 7) is 0. The molecule has 19 heavy (non-hydrogen) atoms. The fraction of sp³-hybridized carbons (Fsp3) is 0.533. The van der Waals surface area contributed by atoms with Crippen LogP contribution in [-0.2, 0) is 24.1 Å². The molecule has 104 valence electrons. The van der Waals surface area contributed by atoms with E-state index >= 15 is 0 Å². The van der Waals surface area contributed by atoms with Crippen LogP contribution < -0.4 is 5.73 Å². The second kappa shape index (κ2) is 6.80. The minimum absolute atomic E-state index is 0.274. The lowest BCUT2D eigenvalue weighted by atomic mass is 10.0. The maximum Gasteiger partial charge on any atom is 0.223 e. The van der Waals surface area contributed by atoms with Gasteiger partial charge in [0.05, 0.1) is 6.42 Å². The van der Waals surface area contributed by atoms with Crippen LogP contribution in [0.5, 0.6) is 0 Å². The number of rotatable bonds is 5. The number of nitrogens with one attached hydrogen (secondary N) is 1. The van der Waals surface area contributed by atoms with Crippen LogP contribution in [0.3, 0.4) is 0 Å². The summed E-state index contributed by atoms with van der Waals surface area (Å²) in [5.41, 5.74) is 10.2. The third kappa shape index (κ3) is 3.63. The molecule has 0 bridgehead atoms. The maximum atomic E-state index is 11.2. The molecule has 3 N–H and O–H groups in total. The van der Waals surface area contributed by atoms with E-state index in [0.717, 1.165) is 30.7 Å². The van der Waals surface area contributed by atoms with E-state index in [1.165, 1.54) is 30.4 Å². The zero-order chi connectivity index (χ0) is 13.7. The van der Waals surface area contributed by atoms with E-state index in [0.29, 0.717) is 12.3 Å². The lowest BCUT2D eigenvalue weighted by Crippen LogP contribution is -2.15. The van der Waals surface area contributed by atoms with Crippen molar-refractivity contribution in [3.63, 3.8) is 0 Å². The van der Waals surface area contributed by atoms with Crippen LogP contribution in [0.1, 0.15) is 48.2 Å². The van der Waals surface area contributed by atoms with Crippen LogP contribution in [0.4, 0.5) is 0 Å². The molecular formula is C15H21ClN2O. The minimum atomic E-state index is -0.274. The van der Waals surface area contributed by atoms with Gasteiger partial charge in [-0.1, -0.05) is 12.5 Å². The quantitative estimate of drug-likeness (QED) is 0.632. The number of halogens is 1. The number of allylic oxidation sites excluding steroid dienone is 1. The summed E-state index contributed by atoms with van der Waals surface area (Å²) in [7, 11) is 0. The Kier molecular flexibility index (Phi) is 5.08. The number of carbonyl (C=O) groups excluding carboxylic acids is 1. The summed E-state index contributed by atoms with van der Waals surface area (Å²) in [5.74, 6) is 0.359. The number of amides is 1. The third-order valence-corrected chi connectivity index (χ3v) is 3.82. The van der Waals surface area contributed by atoms with E-state index in [1.807, 2.05) is 0 Å². The first-order valence-corrected chi connectivity index (χ1v) is 7.49. The van der Waals surface area contributed by atoms with Crippen molar-refractivity contribution in [1.29, 1.82) is 0 Å². The van der Waals surface area contributed by atoms with Crippen LogP contribution in [0.2, 0.25) is 0 Å². The van der Waals surface area contributed by atoms with Crippen molar-refractivity contribution in [3.8, 4) is 0 Å². The van der Waals surface area contributed by atoms with Gasteiger partial charge in [0.15, 0.2) is 0 Å². The largest absolute Gasteiger partial charge is 0.369 e. The van der Waals surface area contributed by atoms with Gasteiger partial charge in [-0.25, -0.2) is 0 Å². The van der Waals surface area contributed by atoms with Gasteiger partial charge in [-0.05, 0) is 49.3 Å². The van der Waals surface area contributed by atoms with Crippen LogP contribution in [0.25, 0.3) is 6.08 Å². The molecule has 0 aliphatic heterocycles. The van der Waals surface area contributed by atoms with Crippen LogP contribution in [-0.4, -0.2) is 16.8 Å². The predicted molar refractivity (Wildman–Crippen MR) is 79.3 cm³/mol. The minimum Gasteiger partial charge on any atom is -0.369 e. The Morgan fingerprint density at radius 3 is 2.68 bits per heavy atom. The maximum absolute atomic E-state index is 11.2. The number of carbonyl (C=O) groups is 1. The summed E-state index contributed by atoms with van der Waals surface area (Å²) >= 11 is 5.69.